The molecule has 2 fully saturated rings. The predicted octanol–water partition coefficient (Wildman–Crippen LogP) is 0.444. The van der Waals surface area contributed by atoms with Gasteiger partial charge in [-0.05, 0) is 19.8 Å². The Bertz CT molecular complexity index is 261. The van der Waals surface area contributed by atoms with E-state index in [-0.39, 0.29) is 6.09 Å². The molecule has 0 aromatic carbocycles. The van der Waals surface area contributed by atoms with Crippen LogP contribution in [-0.4, -0.2) is 68.0 Å². The van der Waals surface area contributed by atoms with Crippen molar-refractivity contribution in [2.75, 3.05) is 46.0 Å². The molecule has 0 saturated carbocycles. The number of rotatable bonds is 3. The van der Waals surface area contributed by atoms with Gasteiger partial charge in [0.15, 0.2) is 0 Å². The average Bonchev–Trinajstić information content (AvgIpc) is 2.41. The number of carbonyl (C=O) groups is 1. The molecule has 2 heterocycles. The molecular weight excluding hydrogens is 234 g/mol. The third-order valence-electron chi connectivity index (χ3n) is 3.40. The first-order valence-corrected chi connectivity index (χ1v) is 6.80. The highest BCUT2D eigenvalue weighted by Gasteiger charge is 2.24. The highest BCUT2D eigenvalue weighted by molar-refractivity contribution is 5.67. The normalized spacial score (nSPS) is 23.1. The summed E-state index contributed by atoms with van der Waals surface area (Å²) in [5.74, 6) is 0. The fourth-order valence-electron chi connectivity index (χ4n) is 2.36. The summed E-state index contributed by atoms with van der Waals surface area (Å²) < 4.78 is 10.3. The van der Waals surface area contributed by atoms with Crippen LogP contribution >= 0.6 is 0 Å². The number of hydrogen-bond acceptors (Lipinski definition) is 5. The van der Waals surface area contributed by atoms with E-state index in [1.807, 2.05) is 6.92 Å². The molecule has 0 aromatic rings. The fraction of sp³-hybridized carbons (Fsp3) is 0.917. The second-order valence-electron chi connectivity index (χ2n) is 4.69. The van der Waals surface area contributed by atoms with E-state index in [1.54, 1.807) is 4.90 Å². The quantitative estimate of drug-likeness (QED) is 0.795. The monoisotopic (exact) mass is 257 g/mol. The molecule has 0 aliphatic carbocycles. The number of carbonyl (C=O) groups excluding carboxylic acids is 1. The molecule has 2 rings (SSSR count). The van der Waals surface area contributed by atoms with Gasteiger partial charge in [-0.1, -0.05) is 0 Å². The van der Waals surface area contributed by atoms with Crippen molar-refractivity contribution in [2.45, 2.75) is 25.8 Å². The van der Waals surface area contributed by atoms with Crippen LogP contribution < -0.4 is 5.43 Å². The zero-order valence-corrected chi connectivity index (χ0v) is 11.1. The van der Waals surface area contributed by atoms with Crippen LogP contribution in [-0.2, 0) is 9.47 Å². The van der Waals surface area contributed by atoms with Gasteiger partial charge >= 0.3 is 6.09 Å². The molecule has 2 aliphatic heterocycles. The van der Waals surface area contributed by atoms with Gasteiger partial charge in [-0.2, -0.15) is 0 Å². The maximum absolute atomic E-state index is 11.6. The Kier molecular flexibility index (Phi) is 5.22. The summed E-state index contributed by atoms with van der Waals surface area (Å²) >= 11 is 0. The van der Waals surface area contributed by atoms with Crippen LogP contribution in [0.1, 0.15) is 19.8 Å². The molecule has 2 aliphatic rings. The van der Waals surface area contributed by atoms with E-state index in [2.05, 4.69) is 10.4 Å². The van der Waals surface area contributed by atoms with Gasteiger partial charge in [0, 0.05) is 32.2 Å². The third kappa shape index (κ3) is 3.83. The van der Waals surface area contributed by atoms with Gasteiger partial charge in [-0.3, -0.25) is 5.43 Å². The zero-order chi connectivity index (χ0) is 12.8. The van der Waals surface area contributed by atoms with Crippen LogP contribution in [0.15, 0.2) is 0 Å². The minimum atomic E-state index is -0.178. The summed E-state index contributed by atoms with van der Waals surface area (Å²) in [5, 5.41) is 2.23. The van der Waals surface area contributed by atoms with Crippen LogP contribution in [0.3, 0.4) is 0 Å². The van der Waals surface area contributed by atoms with Gasteiger partial charge in [0.2, 0.25) is 0 Å². The molecule has 6 nitrogen and oxygen atoms in total. The van der Waals surface area contributed by atoms with E-state index >= 15 is 0 Å². The van der Waals surface area contributed by atoms with E-state index in [4.69, 9.17) is 9.47 Å². The lowest BCUT2D eigenvalue weighted by Gasteiger charge is -2.36. The topological polar surface area (TPSA) is 54.0 Å². The van der Waals surface area contributed by atoms with E-state index in [1.165, 1.54) is 0 Å². The second kappa shape index (κ2) is 6.92. The smallest absolute Gasteiger partial charge is 0.409 e. The Balaban J connectivity index is 1.68. The van der Waals surface area contributed by atoms with Gasteiger partial charge in [0.25, 0.3) is 0 Å². The zero-order valence-electron chi connectivity index (χ0n) is 11.1. The first-order valence-electron chi connectivity index (χ1n) is 6.80. The molecule has 0 atom stereocenters. The molecular formula is C12H23N3O3. The Morgan fingerprint density at radius 1 is 1.28 bits per heavy atom. The lowest BCUT2D eigenvalue weighted by atomic mass is 10.1. The van der Waals surface area contributed by atoms with Crippen molar-refractivity contribution >= 4 is 6.09 Å². The van der Waals surface area contributed by atoms with Crippen molar-refractivity contribution in [3.05, 3.63) is 0 Å². The molecule has 1 N–H and O–H groups in total. The van der Waals surface area contributed by atoms with Crippen molar-refractivity contribution < 1.29 is 14.3 Å². The van der Waals surface area contributed by atoms with Gasteiger partial charge in [-0.15, -0.1) is 0 Å². The van der Waals surface area contributed by atoms with Crippen molar-refractivity contribution in [2.24, 2.45) is 0 Å². The van der Waals surface area contributed by atoms with Gasteiger partial charge in [0.05, 0.1) is 19.8 Å². The number of nitrogens with zero attached hydrogens (tertiary/aromatic N) is 2. The van der Waals surface area contributed by atoms with Crippen LogP contribution in [0.5, 0.6) is 0 Å². The average molecular weight is 257 g/mol. The Morgan fingerprint density at radius 3 is 2.56 bits per heavy atom. The molecule has 0 radical (unpaired) electrons. The lowest BCUT2D eigenvalue weighted by Crippen LogP contribution is -2.53. The highest BCUT2D eigenvalue weighted by Crippen LogP contribution is 2.12. The van der Waals surface area contributed by atoms with Crippen LogP contribution in [0.2, 0.25) is 0 Å². The molecule has 104 valence electrons. The minimum absolute atomic E-state index is 0.178. The SMILES string of the molecule is CCOC(=O)N1CCC(NN2CCOCC2)CC1. The molecule has 0 bridgehead atoms. The summed E-state index contributed by atoms with van der Waals surface area (Å²) in [5.41, 5.74) is 3.52. The number of amides is 1. The molecule has 0 spiro atoms. The first kappa shape index (κ1) is 13.6. The fourth-order valence-corrected chi connectivity index (χ4v) is 2.36. The largest absolute Gasteiger partial charge is 0.450 e. The molecule has 1 amide bonds. The predicted molar refractivity (Wildman–Crippen MR) is 67.1 cm³/mol. The third-order valence-corrected chi connectivity index (χ3v) is 3.40. The van der Waals surface area contributed by atoms with Crippen LogP contribution in [0, 0.1) is 0 Å². The summed E-state index contributed by atoms with van der Waals surface area (Å²) in [6.45, 7) is 7.33. The number of morpholine rings is 1. The lowest BCUT2D eigenvalue weighted by molar-refractivity contribution is -0.00276. The minimum Gasteiger partial charge on any atom is -0.450 e. The van der Waals surface area contributed by atoms with Gasteiger partial charge in [0.1, 0.15) is 0 Å². The number of hydrogen-bond donors (Lipinski definition) is 1. The van der Waals surface area contributed by atoms with Crippen molar-refractivity contribution in [3.63, 3.8) is 0 Å². The number of piperidine rings is 1. The van der Waals surface area contributed by atoms with E-state index < -0.39 is 0 Å². The Morgan fingerprint density at radius 2 is 1.94 bits per heavy atom. The van der Waals surface area contributed by atoms with Gasteiger partial charge < -0.3 is 14.4 Å². The number of nitrogens with one attached hydrogen (secondary N) is 1. The molecule has 18 heavy (non-hydrogen) atoms. The highest BCUT2D eigenvalue weighted by atomic mass is 16.6. The molecule has 2 saturated heterocycles. The standard InChI is InChI=1S/C12H23N3O3/c1-2-18-12(16)14-5-3-11(4-6-14)13-15-7-9-17-10-8-15/h11,13H,2-10H2,1H3. The maximum atomic E-state index is 11.6. The number of ether oxygens (including phenoxy) is 2. The number of likely N-dealkylation sites (tertiary alicyclic amines) is 1. The molecule has 0 aromatic heterocycles. The van der Waals surface area contributed by atoms with Crippen LogP contribution in [0.25, 0.3) is 0 Å². The first-order chi connectivity index (χ1) is 8.79. The van der Waals surface area contributed by atoms with E-state index in [0.717, 1.165) is 52.2 Å². The summed E-state index contributed by atoms with van der Waals surface area (Å²) in [7, 11) is 0. The summed E-state index contributed by atoms with van der Waals surface area (Å²) in [6, 6.07) is 0.466. The van der Waals surface area contributed by atoms with E-state index in [0.29, 0.717) is 12.6 Å². The summed E-state index contributed by atoms with van der Waals surface area (Å²) in [6.07, 6.45) is 1.79. The maximum Gasteiger partial charge on any atom is 0.409 e. The van der Waals surface area contributed by atoms with Gasteiger partial charge in [-0.25, -0.2) is 9.80 Å². The van der Waals surface area contributed by atoms with Crippen molar-refractivity contribution in [1.29, 1.82) is 0 Å². The summed E-state index contributed by atoms with van der Waals surface area (Å²) in [4.78, 5) is 13.3. The second-order valence-corrected chi connectivity index (χ2v) is 4.69. The molecule has 0 unspecified atom stereocenters. The van der Waals surface area contributed by atoms with Crippen molar-refractivity contribution in [3.8, 4) is 0 Å². The van der Waals surface area contributed by atoms with Crippen molar-refractivity contribution in [1.82, 2.24) is 15.3 Å². The number of hydrazine groups is 1. The van der Waals surface area contributed by atoms with E-state index in [9.17, 15) is 4.79 Å². The Labute approximate surface area is 108 Å². The van der Waals surface area contributed by atoms with Crippen LogP contribution in [0.4, 0.5) is 4.79 Å². The Hall–Kier alpha value is -0.850. The molecule has 6 heteroatoms.